The van der Waals surface area contributed by atoms with Crippen LogP contribution in [0.4, 0.5) is 0 Å². The van der Waals surface area contributed by atoms with Crippen LogP contribution < -0.4 is 0 Å². The van der Waals surface area contributed by atoms with E-state index in [9.17, 15) is 0 Å². The third-order valence-electron chi connectivity index (χ3n) is 2.92. The molecule has 4 heterocycles. The fourth-order valence-corrected chi connectivity index (χ4v) is 3.40. The van der Waals surface area contributed by atoms with Crippen molar-refractivity contribution in [1.29, 1.82) is 0 Å². The van der Waals surface area contributed by atoms with Crippen LogP contribution in [0.1, 0.15) is 5.69 Å². The normalized spacial score (nSPS) is 11.2. The van der Waals surface area contributed by atoms with Gasteiger partial charge in [-0.3, -0.25) is 4.40 Å². The molecule has 4 aromatic rings. The van der Waals surface area contributed by atoms with Crippen LogP contribution in [0, 0.1) is 0 Å². The lowest BCUT2D eigenvalue weighted by Gasteiger charge is -1.96. The van der Waals surface area contributed by atoms with E-state index in [1.807, 2.05) is 46.3 Å². The molecular formula is C14H10N4OS2. The van der Waals surface area contributed by atoms with Crippen molar-refractivity contribution in [3.8, 4) is 10.8 Å². The highest BCUT2D eigenvalue weighted by molar-refractivity contribution is 7.98. The molecule has 0 bridgehead atoms. The van der Waals surface area contributed by atoms with Gasteiger partial charge in [0.1, 0.15) is 6.26 Å². The Morgan fingerprint density at radius 3 is 3.10 bits per heavy atom. The molecule has 4 rings (SSSR count). The van der Waals surface area contributed by atoms with E-state index in [2.05, 4.69) is 15.2 Å². The summed E-state index contributed by atoms with van der Waals surface area (Å²) in [6, 6.07) is 9.83. The van der Waals surface area contributed by atoms with Crippen LogP contribution in [0.15, 0.2) is 57.7 Å². The lowest BCUT2D eigenvalue weighted by Crippen LogP contribution is -1.87. The minimum Gasteiger partial charge on any atom is -0.444 e. The lowest BCUT2D eigenvalue weighted by atomic mass is 10.5. The molecule has 0 radical (unpaired) electrons. The molecule has 0 aromatic carbocycles. The summed E-state index contributed by atoms with van der Waals surface area (Å²) >= 11 is 3.21. The largest absolute Gasteiger partial charge is 0.444 e. The van der Waals surface area contributed by atoms with Gasteiger partial charge in [-0.05, 0) is 23.6 Å². The van der Waals surface area contributed by atoms with Crippen LogP contribution in [0.3, 0.4) is 0 Å². The number of rotatable bonds is 4. The third-order valence-corrected chi connectivity index (χ3v) is 4.75. The molecule has 0 amide bonds. The Kier molecular flexibility index (Phi) is 3.21. The van der Waals surface area contributed by atoms with Crippen molar-refractivity contribution in [2.45, 2.75) is 10.9 Å². The van der Waals surface area contributed by atoms with E-state index in [0.29, 0.717) is 11.6 Å². The van der Waals surface area contributed by atoms with Crippen LogP contribution in [0.5, 0.6) is 0 Å². The SMILES string of the molecule is c1csc(-c2nc(CSc3nnc4ccccn34)co2)c1. The Morgan fingerprint density at radius 2 is 2.19 bits per heavy atom. The summed E-state index contributed by atoms with van der Waals surface area (Å²) in [5.41, 5.74) is 1.75. The van der Waals surface area contributed by atoms with Gasteiger partial charge in [-0.25, -0.2) is 4.98 Å². The van der Waals surface area contributed by atoms with Gasteiger partial charge in [0.05, 0.1) is 10.6 Å². The van der Waals surface area contributed by atoms with Crippen molar-refractivity contribution in [3.63, 3.8) is 0 Å². The zero-order valence-electron chi connectivity index (χ0n) is 10.8. The molecular weight excluding hydrogens is 304 g/mol. The number of hydrogen-bond donors (Lipinski definition) is 0. The first-order valence-corrected chi connectivity index (χ1v) is 8.17. The fourth-order valence-electron chi connectivity index (χ4n) is 1.94. The smallest absolute Gasteiger partial charge is 0.236 e. The van der Waals surface area contributed by atoms with E-state index in [1.54, 1.807) is 29.4 Å². The van der Waals surface area contributed by atoms with E-state index in [4.69, 9.17) is 4.42 Å². The summed E-state index contributed by atoms with van der Waals surface area (Å²) in [7, 11) is 0. The summed E-state index contributed by atoms with van der Waals surface area (Å²) < 4.78 is 7.47. The number of oxazole rings is 1. The summed E-state index contributed by atoms with van der Waals surface area (Å²) in [5, 5.41) is 11.2. The Hall–Kier alpha value is -2.12. The van der Waals surface area contributed by atoms with Gasteiger partial charge in [0.15, 0.2) is 10.8 Å². The van der Waals surface area contributed by atoms with Crippen molar-refractivity contribution in [2.24, 2.45) is 0 Å². The predicted octanol–water partition coefficient (Wildman–Crippen LogP) is 3.74. The summed E-state index contributed by atoms with van der Waals surface area (Å²) in [4.78, 5) is 5.54. The Balaban J connectivity index is 1.52. The van der Waals surface area contributed by atoms with E-state index in [1.165, 1.54) is 0 Å². The number of thioether (sulfide) groups is 1. The zero-order valence-corrected chi connectivity index (χ0v) is 12.5. The molecule has 0 unspecified atom stereocenters. The molecule has 7 heteroatoms. The topological polar surface area (TPSA) is 56.2 Å². The molecule has 0 fully saturated rings. The third kappa shape index (κ3) is 2.45. The second-order valence-corrected chi connectivity index (χ2v) is 6.21. The van der Waals surface area contributed by atoms with Gasteiger partial charge in [0.25, 0.3) is 0 Å². The van der Waals surface area contributed by atoms with E-state index >= 15 is 0 Å². The molecule has 0 spiro atoms. The first-order valence-electron chi connectivity index (χ1n) is 6.31. The van der Waals surface area contributed by atoms with Gasteiger partial charge < -0.3 is 4.42 Å². The molecule has 0 aliphatic rings. The van der Waals surface area contributed by atoms with Gasteiger partial charge in [0.2, 0.25) is 5.89 Å². The van der Waals surface area contributed by atoms with E-state index in [0.717, 1.165) is 21.4 Å². The molecule has 0 saturated heterocycles. The fraction of sp³-hybridized carbons (Fsp3) is 0.0714. The van der Waals surface area contributed by atoms with Gasteiger partial charge in [-0.1, -0.05) is 23.9 Å². The lowest BCUT2D eigenvalue weighted by molar-refractivity contribution is 0.575. The molecule has 0 aliphatic carbocycles. The van der Waals surface area contributed by atoms with Gasteiger partial charge in [-0.15, -0.1) is 21.5 Å². The highest BCUT2D eigenvalue weighted by atomic mass is 32.2. The standard InChI is InChI=1S/C14H10N4OS2/c1-2-6-18-12(5-1)16-17-14(18)21-9-10-8-19-13(15-10)11-4-3-7-20-11/h1-8H,9H2. The molecule has 0 aliphatic heterocycles. The van der Waals surface area contributed by atoms with Gasteiger partial charge in [0, 0.05) is 11.9 Å². The number of aromatic nitrogens is 4. The average molecular weight is 314 g/mol. The van der Waals surface area contributed by atoms with Crippen molar-refractivity contribution < 1.29 is 4.42 Å². The van der Waals surface area contributed by atoms with E-state index < -0.39 is 0 Å². The van der Waals surface area contributed by atoms with Crippen LogP contribution in [-0.2, 0) is 5.75 Å². The van der Waals surface area contributed by atoms with Gasteiger partial charge in [-0.2, -0.15) is 0 Å². The zero-order chi connectivity index (χ0) is 14.1. The van der Waals surface area contributed by atoms with Gasteiger partial charge >= 0.3 is 0 Å². The monoisotopic (exact) mass is 314 g/mol. The Labute approximate surface area is 128 Å². The summed E-state index contributed by atoms with van der Waals surface area (Å²) in [5.74, 6) is 1.37. The number of hydrogen-bond acceptors (Lipinski definition) is 6. The molecule has 0 saturated carbocycles. The molecule has 5 nitrogen and oxygen atoms in total. The molecule has 4 aromatic heterocycles. The first kappa shape index (κ1) is 12.6. The van der Waals surface area contributed by atoms with Crippen LogP contribution >= 0.6 is 23.1 Å². The second-order valence-electron chi connectivity index (χ2n) is 4.32. The summed E-state index contributed by atoms with van der Waals surface area (Å²) in [6.45, 7) is 0. The van der Waals surface area contributed by atoms with E-state index in [-0.39, 0.29) is 0 Å². The molecule has 0 atom stereocenters. The van der Waals surface area contributed by atoms with Crippen LogP contribution in [0.2, 0.25) is 0 Å². The number of thiophene rings is 1. The number of pyridine rings is 1. The van der Waals surface area contributed by atoms with Crippen molar-refractivity contribution in [3.05, 3.63) is 53.9 Å². The van der Waals surface area contributed by atoms with Crippen molar-refractivity contribution >= 4 is 28.7 Å². The average Bonchev–Trinajstić information content (AvgIpc) is 3.25. The highest BCUT2D eigenvalue weighted by Gasteiger charge is 2.10. The van der Waals surface area contributed by atoms with Crippen LogP contribution in [0.25, 0.3) is 16.4 Å². The highest BCUT2D eigenvalue weighted by Crippen LogP contribution is 2.26. The molecule has 21 heavy (non-hydrogen) atoms. The minimum atomic E-state index is 0.673. The molecule has 104 valence electrons. The first-order chi connectivity index (χ1) is 10.4. The molecule has 0 N–H and O–H groups in total. The second kappa shape index (κ2) is 5.34. The maximum absolute atomic E-state index is 5.51. The summed E-state index contributed by atoms with van der Waals surface area (Å²) in [6.07, 6.45) is 3.66. The van der Waals surface area contributed by atoms with Crippen molar-refractivity contribution in [2.75, 3.05) is 0 Å². The maximum Gasteiger partial charge on any atom is 0.236 e. The minimum absolute atomic E-state index is 0.673. The predicted molar refractivity (Wildman–Crippen MR) is 82.4 cm³/mol. The Morgan fingerprint density at radius 1 is 1.19 bits per heavy atom. The maximum atomic E-state index is 5.51. The van der Waals surface area contributed by atoms with Crippen molar-refractivity contribution in [1.82, 2.24) is 19.6 Å². The Bertz CT molecular complexity index is 866. The van der Waals surface area contributed by atoms with Crippen LogP contribution in [-0.4, -0.2) is 19.6 Å². The number of fused-ring (bicyclic) bond motifs is 1. The number of nitrogens with zero attached hydrogens (tertiary/aromatic N) is 4. The quantitative estimate of drug-likeness (QED) is 0.537.